The Hall–Kier alpha value is -1.91. The van der Waals surface area contributed by atoms with Gasteiger partial charge >= 0.3 is 0 Å². The van der Waals surface area contributed by atoms with E-state index in [4.69, 9.17) is 0 Å². The Morgan fingerprint density at radius 1 is 1.20 bits per heavy atom. The summed E-state index contributed by atoms with van der Waals surface area (Å²) in [6.07, 6.45) is 4.03. The Morgan fingerprint density at radius 3 is 2.45 bits per heavy atom. The smallest absolute Gasteiger partial charge is 0.166 e. The van der Waals surface area contributed by atoms with Crippen LogP contribution in [0.5, 0.6) is 0 Å². The molecule has 0 radical (unpaired) electrons. The first-order valence-electron chi connectivity index (χ1n) is 7.20. The second-order valence-corrected chi connectivity index (χ2v) is 4.89. The lowest BCUT2D eigenvalue weighted by atomic mass is 10.0. The second kappa shape index (κ2) is 6.03. The van der Waals surface area contributed by atoms with Crippen molar-refractivity contribution in [2.45, 2.75) is 46.6 Å². The Bertz CT molecular complexity index is 609. The van der Waals surface area contributed by atoms with Gasteiger partial charge in [0.25, 0.3) is 0 Å². The number of rotatable bonds is 6. The first-order chi connectivity index (χ1) is 9.60. The molecule has 0 aromatic carbocycles. The summed E-state index contributed by atoms with van der Waals surface area (Å²) in [5, 5.41) is 9.00. The molecule has 0 aliphatic rings. The molecular formula is C15H22N4O. The number of aromatic nitrogens is 4. The zero-order valence-corrected chi connectivity index (χ0v) is 12.7. The van der Waals surface area contributed by atoms with Gasteiger partial charge in [-0.3, -0.25) is 14.2 Å². The predicted octanol–water partition coefficient (Wildman–Crippen LogP) is 2.38. The van der Waals surface area contributed by atoms with Crippen LogP contribution >= 0.6 is 0 Å². The molecule has 0 saturated carbocycles. The van der Waals surface area contributed by atoms with E-state index in [0.717, 1.165) is 35.5 Å². The maximum atomic E-state index is 12.2. The van der Waals surface area contributed by atoms with Gasteiger partial charge < -0.3 is 0 Å². The van der Waals surface area contributed by atoms with Crippen LogP contribution < -0.4 is 0 Å². The molecule has 0 N–H and O–H groups in total. The van der Waals surface area contributed by atoms with Crippen molar-refractivity contribution in [2.24, 2.45) is 7.05 Å². The Balaban J connectivity index is 2.42. The molecule has 0 amide bonds. The van der Waals surface area contributed by atoms with E-state index in [-0.39, 0.29) is 5.78 Å². The van der Waals surface area contributed by atoms with Crippen LogP contribution in [0.3, 0.4) is 0 Å². The van der Waals surface area contributed by atoms with Gasteiger partial charge in [0.2, 0.25) is 0 Å². The molecule has 0 aliphatic carbocycles. The predicted molar refractivity (Wildman–Crippen MR) is 77.9 cm³/mol. The molecule has 5 nitrogen and oxygen atoms in total. The van der Waals surface area contributed by atoms with Crippen LogP contribution in [0.25, 0.3) is 0 Å². The number of hydrogen-bond acceptors (Lipinski definition) is 3. The molecule has 0 saturated heterocycles. The molecule has 0 spiro atoms. The molecule has 0 aliphatic heterocycles. The summed E-state index contributed by atoms with van der Waals surface area (Å²) in [5.41, 5.74) is 3.72. The van der Waals surface area contributed by atoms with Crippen LogP contribution in [-0.2, 0) is 26.4 Å². The molecule has 2 rings (SSSR count). The fourth-order valence-electron chi connectivity index (χ4n) is 2.49. The van der Waals surface area contributed by atoms with Gasteiger partial charge in [0.05, 0.1) is 23.5 Å². The summed E-state index contributed by atoms with van der Waals surface area (Å²) in [4.78, 5) is 12.2. The highest BCUT2D eigenvalue weighted by molar-refractivity contribution is 5.98. The van der Waals surface area contributed by atoms with E-state index in [1.54, 1.807) is 4.68 Å². The maximum Gasteiger partial charge on any atom is 0.166 e. The Morgan fingerprint density at radius 2 is 1.95 bits per heavy atom. The minimum Gasteiger partial charge on any atom is -0.294 e. The number of carbonyl (C=O) groups is 1. The van der Waals surface area contributed by atoms with Crippen LogP contribution in [0.2, 0.25) is 0 Å². The molecular weight excluding hydrogens is 252 g/mol. The van der Waals surface area contributed by atoms with Crippen molar-refractivity contribution in [3.05, 3.63) is 34.9 Å². The van der Waals surface area contributed by atoms with E-state index >= 15 is 0 Å². The van der Waals surface area contributed by atoms with Gasteiger partial charge in [-0.25, -0.2) is 0 Å². The quantitative estimate of drug-likeness (QED) is 0.760. The monoisotopic (exact) mass is 274 g/mol. The average molecular weight is 274 g/mol. The summed E-state index contributed by atoms with van der Waals surface area (Å²) in [6.45, 7) is 6.63. The summed E-state index contributed by atoms with van der Waals surface area (Å²) in [6, 6.07) is 1.98. The van der Waals surface area contributed by atoms with Gasteiger partial charge in [-0.1, -0.05) is 20.8 Å². The van der Waals surface area contributed by atoms with E-state index in [2.05, 4.69) is 17.1 Å². The molecule has 0 fully saturated rings. The molecule has 108 valence electrons. The summed E-state index contributed by atoms with van der Waals surface area (Å²) < 4.78 is 3.72. The molecule has 5 heteroatoms. The molecule has 0 atom stereocenters. The number of ketones is 1. The average Bonchev–Trinajstić information content (AvgIpc) is 3.01. The van der Waals surface area contributed by atoms with Crippen molar-refractivity contribution in [3.63, 3.8) is 0 Å². The lowest BCUT2D eigenvalue weighted by Gasteiger charge is -2.05. The third-order valence-electron chi connectivity index (χ3n) is 3.48. The first kappa shape index (κ1) is 14.5. The standard InChI is InChI=1S/C15H22N4O/c1-5-12-15(14(20)7-3)13(6-2)19(17-12)10-11-8-9-18(4)16-11/h8-9H,5-7,10H2,1-4H3. The van der Waals surface area contributed by atoms with Crippen molar-refractivity contribution in [1.82, 2.24) is 19.6 Å². The van der Waals surface area contributed by atoms with Gasteiger partial charge in [-0.05, 0) is 18.9 Å². The topological polar surface area (TPSA) is 52.7 Å². The van der Waals surface area contributed by atoms with E-state index in [9.17, 15) is 4.79 Å². The van der Waals surface area contributed by atoms with Crippen molar-refractivity contribution in [2.75, 3.05) is 0 Å². The number of hydrogen-bond donors (Lipinski definition) is 0. The molecule has 20 heavy (non-hydrogen) atoms. The lowest BCUT2D eigenvalue weighted by molar-refractivity contribution is 0.0986. The third-order valence-corrected chi connectivity index (χ3v) is 3.48. The lowest BCUT2D eigenvalue weighted by Crippen LogP contribution is -2.09. The number of aryl methyl sites for hydroxylation is 2. The fourth-order valence-corrected chi connectivity index (χ4v) is 2.49. The Kier molecular flexibility index (Phi) is 4.37. The highest BCUT2D eigenvalue weighted by Gasteiger charge is 2.20. The zero-order valence-electron chi connectivity index (χ0n) is 12.7. The zero-order chi connectivity index (χ0) is 14.7. The highest BCUT2D eigenvalue weighted by Crippen LogP contribution is 2.19. The van der Waals surface area contributed by atoms with Crippen LogP contribution in [0, 0.1) is 0 Å². The van der Waals surface area contributed by atoms with Gasteiger partial charge in [-0.15, -0.1) is 0 Å². The number of carbonyl (C=O) groups excluding carboxylic acids is 1. The van der Waals surface area contributed by atoms with Crippen LogP contribution in [0.4, 0.5) is 0 Å². The molecule has 2 aromatic heterocycles. The second-order valence-electron chi connectivity index (χ2n) is 4.89. The molecule has 2 heterocycles. The van der Waals surface area contributed by atoms with E-state index in [1.165, 1.54) is 0 Å². The van der Waals surface area contributed by atoms with Gasteiger partial charge in [0.15, 0.2) is 5.78 Å². The Labute approximate surface area is 119 Å². The maximum absolute atomic E-state index is 12.2. The van der Waals surface area contributed by atoms with Crippen molar-refractivity contribution in [3.8, 4) is 0 Å². The molecule has 0 bridgehead atoms. The van der Waals surface area contributed by atoms with E-state index in [1.807, 2.05) is 37.8 Å². The minimum atomic E-state index is 0.186. The van der Waals surface area contributed by atoms with E-state index < -0.39 is 0 Å². The van der Waals surface area contributed by atoms with Crippen LogP contribution in [0.15, 0.2) is 12.3 Å². The summed E-state index contributed by atoms with van der Waals surface area (Å²) in [7, 11) is 1.90. The van der Waals surface area contributed by atoms with Crippen molar-refractivity contribution >= 4 is 5.78 Å². The minimum absolute atomic E-state index is 0.186. The van der Waals surface area contributed by atoms with Crippen molar-refractivity contribution < 1.29 is 4.79 Å². The summed E-state index contributed by atoms with van der Waals surface area (Å²) >= 11 is 0. The highest BCUT2D eigenvalue weighted by atomic mass is 16.1. The number of Topliss-reactive ketones (excluding diaryl/α,β-unsaturated/α-hetero) is 1. The SMILES string of the molecule is CCC(=O)c1c(CC)nn(Cc2ccn(C)n2)c1CC. The van der Waals surface area contributed by atoms with Gasteiger partial charge in [-0.2, -0.15) is 10.2 Å². The van der Waals surface area contributed by atoms with Crippen LogP contribution in [-0.4, -0.2) is 25.3 Å². The fraction of sp³-hybridized carbons (Fsp3) is 0.533. The number of nitrogens with zero attached hydrogens (tertiary/aromatic N) is 4. The molecule has 2 aromatic rings. The third kappa shape index (κ3) is 2.66. The van der Waals surface area contributed by atoms with Gasteiger partial charge in [0, 0.05) is 25.4 Å². The molecule has 0 unspecified atom stereocenters. The largest absolute Gasteiger partial charge is 0.294 e. The van der Waals surface area contributed by atoms with Gasteiger partial charge in [0.1, 0.15) is 0 Å². The van der Waals surface area contributed by atoms with Crippen molar-refractivity contribution in [1.29, 1.82) is 0 Å². The first-order valence-corrected chi connectivity index (χ1v) is 7.20. The normalized spacial score (nSPS) is 11.0. The van der Waals surface area contributed by atoms with E-state index in [0.29, 0.717) is 13.0 Å². The summed E-state index contributed by atoms with van der Waals surface area (Å²) in [5.74, 6) is 0.186. The van der Waals surface area contributed by atoms with Crippen LogP contribution in [0.1, 0.15) is 54.6 Å².